The number of hydrogen-bond donors (Lipinski definition) is 2. The molecule has 0 aliphatic carbocycles. The van der Waals surface area contributed by atoms with E-state index >= 15 is 0 Å². The van der Waals surface area contributed by atoms with Crippen LogP contribution in [0, 0.1) is 17.6 Å². The van der Waals surface area contributed by atoms with Gasteiger partial charge in [-0.2, -0.15) is 0 Å². The monoisotopic (exact) mass is 261 g/mol. The lowest BCUT2D eigenvalue weighted by Gasteiger charge is -2.16. The summed E-state index contributed by atoms with van der Waals surface area (Å²) >= 11 is 5.44. The molecule has 1 aromatic carbocycles. The molecule has 2 rings (SSSR count). The molecule has 1 fully saturated rings. The Morgan fingerprint density at radius 1 is 1.35 bits per heavy atom. The van der Waals surface area contributed by atoms with Crippen LogP contribution in [-0.4, -0.2) is 24.2 Å². The number of halogens is 3. The van der Waals surface area contributed by atoms with Crippen LogP contribution in [0.1, 0.15) is 11.5 Å². The second-order valence-electron chi connectivity index (χ2n) is 4.00. The Morgan fingerprint density at radius 2 is 2.06 bits per heavy atom. The van der Waals surface area contributed by atoms with Gasteiger partial charge in [0.2, 0.25) is 0 Å². The molecule has 0 radical (unpaired) electrons. The third-order valence-electron chi connectivity index (χ3n) is 2.97. The van der Waals surface area contributed by atoms with Crippen LogP contribution in [0.2, 0.25) is 5.02 Å². The summed E-state index contributed by atoms with van der Waals surface area (Å²) in [5, 5.41) is 11.5. The Bertz CT molecular complexity index is 467. The lowest BCUT2D eigenvalue weighted by molar-refractivity contribution is -0.141. The smallest absolute Gasteiger partial charge is 0.308 e. The highest BCUT2D eigenvalue weighted by Gasteiger charge is 2.35. The summed E-state index contributed by atoms with van der Waals surface area (Å²) < 4.78 is 26.9. The second kappa shape index (κ2) is 4.58. The number of aliphatic carboxylic acids is 1. The van der Waals surface area contributed by atoms with Crippen LogP contribution in [0.3, 0.4) is 0 Å². The van der Waals surface area contributed by atoms with Gasteiger partial charge in [0.05, 0.1) is 10.9 Å². The van der Waals surface area contributed by atoms with Gasteiger partial charge < -0.3 is 10.4 Å². The number of carboxylic acid groups (broad SMARTS) is 1. The Labute approximate surface area is 101 Å². The van der Waals surface area contributed by atoms with E-state index in [0.717, 1.165) is 12.1 Å². The van der Waals surface area contributed by atoms with E-state index in [1.807, 2.05) is 0 Å². The quantitative estimate of drug-likeness (QED) is 0.801. The first-order valence-corrected chi connectivity index (χ1v) is 5.46. The van der Waals surface area contributed by atoms with Crippen molar-refractivity contribution in [2.75, 3.05) is 13.1 Å². The number of benzene rings is 1. The molecule has 0 aromatic heterocycles. The Balaban J connectivity index is 2.40. The fourth-order valence-corrected chi connectivity index (χ4v) is 2.24. The molecule has 0 amide bonds. The zero-order valence-electron chi connectivity index (χ0n) is 8.71. The van der Waals surface area contributed by atoms with Gasteiger partial charge in [-0.1, -0.05) is 11.6 Å². The number of carbonyl (C=O) groups is 1. The summed E-state index contributed by atoms with van der Waals surface area (Å²) in [4.78, 5) is 11.0. The fourth-order valence-electron chi connectivity index (χ4n) is 2.09. The van der Waals surface area contributed by atoms with Crippen molar-refractivity contribution < 1.29 is 18.7 Å². The molecule has 2 unspecified atom stereocenters. The highest BCUT2D eigenvalue weighted by molar-refractivity contribution is 6.30. The van der Waals surface area contributed by atoms with Crippen LogP contribution in [0.15, 0.2) is 12.1 Å². The van der Waals surface area contributed by atoms with Crippen LogP contribution in [0.4, 0.5) is 8.78 Å². The van der Waals surface area contributed by atoms with Crippen molar-refractivity contribution in [2.45, 2.75) is 5.92 Å². The van der Waals surface area contributed by atoms with Gasteiger partial charge in [-0.15, -0.1) is 0 Å². The molecule has 17 heavy (non-hydrogen) atoms. The molecule has 2 atom stereocenters. The van der Waals surface area contributed by atoms with E-state index in [-0.39, 0.29) is 17.1 Å². The second-order valence-corrected chi connectivity index (χ2v) is 4.40. The van der Waals surface area contributed by atoms with Gasteiger partial charge in [-0.25, -0.2) is 8.78 Å². The van der Waals surface area contributed by atoms with Crippen LogP contribution in [-0.2, 0) is 4.79 Å². The topological polar surface area (TPSA) is 49.3 Å². The maximum absolute atomic E-state index is 13.6. The molecule has 6 heteroatoms. The molecule has 1 aliphatic heterocycles. The normalized spacial score (nSPS) is 23.9. The van der Waals surface area contributed by atoms with E-state index in [1.165, 1.54) is 0 Å². The third kappa shape index (κ3) is 2.25. The average molecular weight is 262 g/mol. The van der Waals surface area contributed by atoms with Crippen molar-refractivity contribution in [1.29, 1.82) is 0 Å². The first-order valence-electron chi connectivity index (χ1n) is 5.08. The van der Waals surface area contributed by atoms with Crippen LogP contribution in [0.5, 0.6) is 0 Å². The maximum atomic E-state index is 13.6. The molecule has 92 valence electrons. The summed E-state index contributed by atoms with van der Waals surface area (Å²) in [6, 6.07) is 1.86. The number of rotatable bonds is 2. The summed E-state index contributed by atoms with van der Waals surface area (Å²) in [5.74, 6) is -3.74. The molecule has 0 bridgehead atoms. The lowest BCUT2D eigenvalue weighted by atomic mass is 9.88. The molecule has 1 saturated heterocycles. The van der Waals surface area contributed by atoms with Crippen molar-refractivity contribution in [1.82, 2.24) is 5.32 Å². The Morgan fingerprint density at radius 3 is 2.71 bits per heavy atom. The zero-order chi connectivity index (χ0) is 12.6. The van der Waals surface area contributed by atoms with Crippen molar-refractivity contribution >= 4 is 17.6 Å². The van der Waals surface area contributed by atoms with Gasteiger partial charge in [0.25, 0.3) is 0 Å². The van der Waals surface area contributed by atoms with Gasteiger partial charge in [-0.05, 0) is 17.7 Å². The Kier molecular flexibility index (Phi) is 3.31. The standard InChI is InChI=1S/C11H10ClF2NO2/c12-8-2-9(13)5(1-10(8)14)6-3-15-4-7(6)11(16)17/h1-2,6-7,15H,3-4H2,(H,16,17). The van der Waals surface area contributed by atoms with Crippen LogP contribution in [0.25, 0.3) is 0 Å². The van der Waals surface area contributed by atoms with E-state index in [9.17, 15) is 13.6 Å². The van der Waals surface area contributed by atoms with Crippen molar-refractivity contribution in [3.8, 4) is 0 Å². The number of hydrogen-bond acceptors (Lipinski definition) is 2. The van der Waals surface area contributed by atoms with Gasteiger partial charge in [0, 0.05) is 19.0 Å². The molecular weight excluding hydrogens is 252 g/mol. The average Bonchev–Trinajstić information content (AvgIpc) is 2.72. The molecular formula is C11H10ClF2NO2. The maximum Gasteiger partial charge on any atom is 0.308 e. The van der Waals surface area contributed by atoms with Gasteiger partial charge in [0.1, 0.15) is 11.6 Å². The lowest BCUT2D eigenvalue weighted by Crippen LogP contribution is -2.21. The summed E-state index contributed by atoms with van der Waals surface area (Å²) in [5.41, 5.74) is 0.0595. The van der Waals surface area contributed by atoms with Gasteiger partial charge in [-0.3, -0.25) is 4.79 Å². The third-order valence-corrected chi connectivity index (χ3v) is 3.26. The molecule has 1 aliphatic rings. The minimum atomic E-state index is -1.02. The van der Waals surface area contributed by atoms with Crippen LogP contribution >= 0.6 is 11.6 Å². The summed E-state index contributed by atoms with van der Waals surface area (Å²) in [6.07, 6.45) is 0. The zero-order valence-corrected chi connectivity index (χ0v) is 9.47. The molecule has 2 N–H and O–H groups in total. The molecule has 1 aromatic rings. The molecule has 0 spiro atoms. The summed E-state index contributed by atoms with van der Waals surface area (Å²) in [6.45, 7) is 0.568. The molecule has 3 nitrogen and oxygen atoms in total. The van der Waals surface area contributed by atoms with E-state index in [4.69, 9.17) is 16.7 Å². The first-order chi connectivity index (χ1) is 8.00. The highest BCUT2D eigenvalue weighted by Crippen LogP contribution is 2.32. The highest BCUT2D eigenvalue weighted by atomic mass is 35.5. The largest absolute Gasteiger partial charge is 0.481 e. The van der Waals surface area contributed by atoms with E-state index in [1.54, 1.807) is 0 Å². The molecule has 0 saturated carbocycles. The number of carboxylic acids is 1. The van der Waals surface area contributed by atoms with Crippen LogP contribution < -0.4 is 5.32 Å². The van der Waals surface area contributed by atoms with Gasteiger partial charge in [0.15, 0.2) is 0 Å². The van der Waals surface area contributed by atoms with Crippen molar-refractivity contribution in [3.05, 3.63) is 34.4 Å². The van der Waals surface area contributed by atoms with E-state index in [0.29, 0.717) is 6.54 Å². The van der Waals surface area contributed by atoms with Crippen molar-refractivity contribution in [2.24, 2.45) is 5.92 Å². The minimum absolute atomic E-state index is 0.0595. The van der Waals surface area contributed by atoms with E-state index < -0.39 is 29.4 Å². The van der Waals surface area contributed by atoms with Crippen molar-refractivity contribution in [3.63, 3.8) is 0 Å². The fraction of sp³-hybridized carbons (Fsp3) is 0.364. The summed E-state index contributed by atoms with van der Waals surface area (Å²) in [7, 11) is 0. The predicted molar refractivity (Wildman–Crippen MR) is 58.1 cm³/mol. The SMILES string of the molecule is O=C(O)C1CNCC1c1cc(F)c(Cl)cc1F. The van der Waals surface area contributed by atoms with Gasteiger partial charge >= 0.3 is 5.97 Å². The molecule has 1 heterocycles. The predicted octanol–water partition coefficient (Wildman–Crippen LogP) is 2.01. The van der Waals surface area contributed by atoms with E-state index in [2.05, 4.69) is 5.32 Å². The minimum Gasteiger partial charge on any atom is -0.481 e. The number of nitrogens with one attached hydrogen (secondary N) is 1. The first kappa shape index (κ1) is 12.3. The Hall–Kier alpha value is -1.20.